The van der Waals surface area contributed by atoms with Gasteiger partial charge in [-0.15, -0.1) is 0 Å². The lowest BCUT2D eigenvalue weighted by Gasteiger charge is -2.37. The average molecular weight is 1190 g/mol. The summed E-state index contributed by atoms with van der Waals surface area (Å²) in [5.74, 6) is 11.5. The van der Waals surface area contributed by atoms with Gasteiger partial charge in [0.2, 0.25) is 0 Å². The van der Waals surface area contributed by atoms with Gasteiger partial charge in [0.25, 0.3) is 0 Å². The fourth-order valence-electron chi connectivity index (χ4n) is 12.9. The minimum absolute atomic E-state index is 0.280. The van der Waals surface area contributed by atoms with Crippen LogP contribution in [0.2, 0.25) is 0 Å². The lowest BCUT2D eigenvalue weighted by atomic mass is 9.84. The van der Waals surface area contributed by atoms with Crippen molar-refractivity contribution in [1.29, 1.82) is 0 Å². The first-order valence-corrected chi connectivity index (χ1v) is 35.0. The van der Waals surface area contributed by atoms with Gasteiger partial charge in [-0.05, 0) is 108 Å². The zero-order chi connectivity index (χ0) is 62.6. The third-order valence-electron chi connectivity index (χ3n) is 17.5. The Labute approximate surface area is 514 Å². The Balaban J connectivity index is 0.000000479. The van der Waals surface area contributed by atoms with Crippen molar-refractivity contribution in [2.24, 2.45) is 88.8 Å². The maximum Gasteiger partial charge on any atom is 0.147 e. The van der Waals surface area contributed by atoms with Crippen molar-refractivity contribution in [2.75, 3.05) is 71.9 Å². The van der Waals surface area contributed by atoms with E-state index in [-0.39, 0.29) is 12.2 Å². The molecule has 12 nitrogen and oxygen atoms in total. The molecule has 7 heterocycles. The molecule has 0 aromatic heterocycles. The first-order chi connectivity index (χ1) is 38.4. The smallest absolute Gasteiger partial charge is 0.147 e. The number of thioether (sulfide) groups is 1. The normalized spacial score (nSPS) is 31.7. The molecule has 0 aromatic rings. The van der Waals surface area contributed by atoms with Gasteiger partial charge in [0, 0.05) is 74.2 Å². The average Bonchev–Trinajstić information content (AvgIpc) is 4.20. The van der Waals surface area contributed by atoms with Gasteiger partial charge in [-0.25, -0.2) is 0 Å². The number of hydrogen-bond acceptors (Lipinski definition) is 13. The third kappa shape index (κ3) is 29.0. The molecule has 13 heteroatoms. The molecule has 7 fully saturated rings. The minimum Gasteiger partial charge on any atom is -0.375 e. The summed E-state index contributed by atoms with van der Waals surface area (Å²) in [6, 6.07) is 3.36. The molecule has 492 valence electrons. The van der Waals surface area contributed by atoms with Gasteiger partial charge in [0.05, 0.1) is 62.5 Å². The van der Waals surface area contributed by atoms with Crippen LogP contribution in [0.4, 0.5) is 0 Å². The highest BCUT2D eigenvalue weighted by molar-refractivity contribution is 8.00. The molecule has 14 atom stereocenters. The Hall–Kier alpha value is -0.130. The summed E-state index contributed by atoms with van der Waals surface area (Å²) >= 11 is 2.15. The van der Waals surface area contributed by atoms with E-state index in [1.807, 2.05) is 0 Å². The van der Waals surface area contributed by atoms with Crippen LogP contribution in [0, 0.1) is 88.8 Å². The zero-order valence-electron chi connectivity index (χ0n) is 59.1. The predicted octanol–water partition coefficient (Wildman–Crippen LogP) is 14.1. The van der Waals surface area contributed by atoms with Crippen LogP contribution >= 0.6 is 11.8 Å². The summed E-state index contributed by atoms with van der Waals surface area (Å²) in [5, 5.41) is 18.5. The summed E-state index contributed by atoms with van der Waals surface area (Å²) < 4.78 is 39.7. The third-order valence-corrected chi connectivity index (χ3v) is 19.1. The summed E-state index contributed by atoms with van der Waals surface area (Å²) in [6.07, 6.45) is 4.55. The standard InChI is InChI=1S/C11H22O2.C10H21NO.C10H21NS.C10H21N.C10H20O2.C9H20N2.C9H18O2/c1-8(2)10-11(9(3)4)13-7-5-6-12-10;2*1-7(2)9-10(8(3)4)12-6-5-11-9;1-7(2)9-5-6-11-10(9)8(3)4;1-7(2)9-10(8(3)4)12-6-5-11-9;2*1-6(2)8-9(7(3)4)11-5-10-8/h8-11H,5-7H2,1-4H3;2*7-11H,5-6H2,1-4H3;7-11H,5-6H2,1-4H3;7-10H,5-6H2,1-4H3;6-11H,5H2,1-4H3;6-9H,5H2,1-4H3. The van der Waals surface area contributed by atoms with Gasteiger partial charge in [-0.1, -0.05) is 194 Å². The van der Waals surface area contributed by atoms with Gasteiger partial charge in [-0.2, -0.15) is 11.8 Å². The molecule has 14 unspecified atom stereocenters. The van der Waals surface area contributed by atoms with Crippen molar-refractivity contribution >= 4 is 11.8 Å². The number of nitrogens with one attached hydrogen (secondary N) is 5. The van der Waals surface area contributed by atoms with E-state index in [1.54, 1.807) is 0 Å². The van der Waals surface area contributed by atoms with Crippen molar-refractivity contribution in [1.82, 2.24) is 26.6 Å². The molecule has 0 radical (unpaired) electrons. The first kappa shape index (κ1) is 79.9. The molecule has 7 aliphatic heterocycles. The topological polar surface area (TPSA) is 125 Å². The van der Waals surface area contributed by atoms with Crippen molar-refractivity contribution < 1.29 is 33.2 Å². The summed E-state index contributed by atoms with van der Waals surface area (Å²) in [4.78, 5) is 0. The Kier molecular flexibility index (Phi) is 41.6. The molecule has 82 heavy (non-hydrogen) atoms. The lowest BCUT2D eigenvalue weighted by molar-refractivity contribution is -0.169. The second kappa shape index (κ2) is 42.7. The largest absolute Gasteiger partial charge is 0.375 e. The van der Waals surface area contributed by atoms with E-state index in [4.69, 9.17) is 33.2 Å². The lowest BCUT2D eigenvalue weighted by Crippen LogP contribution is -2.53. The highest BCUT2D eigenvalue weighted by atomic mass is 32.2. The monoisotopic (exact) mass is 1190 g/mol. The highest BCUT2D eigenvalue weighted by Crippen LogP contribution is 2.31. The van der Waals surface area contributed by atoms with Crippen LogP contribution in [0.25, 0.3) is 0 Å². The Bertz CT molecular complexity index is 1280. The number of rotatable bonds is 14. The number of hydrogen-bond donors (Lipinski definition) is 5. The molecule has 0 spiro atoms. The molecule has 0 aliphatic carbocycles. The summed E-state index contributed by atoms with van der Waals surface area (Å²) in [5.41, 5.74) is 0. The van der Waals surface area contributed by atoms with Crippen molar-refractivity contribution in [2.45, 2.75) is 285 Å². The second-order valence-electron chi connectivity index (χ2n) is 29.7. The SMILES string of the molecule is CC(C)C1CCNC1C(C)C.CC(C)C1NCCOC1C(C)C.CC(C)C1NCCSC1C(C)C.CC(C)C1NCNC1C(C)C.CC(C)C1OCCCOC1C(C)C.CC(C)C1OCCOC1C(C)C.CC(C)C1OCOC1C(C)C. The molecule has 0 bridgehead atoms. The quantitative estimate of drug-likeness (QED) is 0.113. The second-order valence-corrected chi connectivity index (χ2v) is 31.0. The maximum absolute atomic E-state index is 5.81. The van der Waals surface area contributed by atoms with Gasteiger partial charge in [0.15, 0.2) is 0 Å². The van der Waals surface area contributed by atoms with E-state index in [0.29, 0.717) is 103 Å². The summed E-state index contributed by atoms with van der Waals surface area (Å²) in [7, 11) is 0. The number of ether oxygens (including phenoxy) is 7. The fourth-order valence-corrected chi connectivity index (χ4v) is 14.4. The minimum atomic E-state index is 0.280. The molecule has 7 rings (SSSR count). The van der Waals surface area contributed by atoms with Gasteiger partial charge in [0.1, 0.15) is 6.79 Å². The van der Waals surface area contributed by atoms with Crippen LogP contribution in [0.5, 0.6) is 0 Å². The van der Waals surface area contributed by atoms with Crippen molar-refractivity contribution in [3.63, 3.8) is 0 Å². The molecular weight excluding hydrogens is 1040 g/mol. The van der Waals surface area contributed by atoms with Crippen LogP contribution in [0.3, 0.4) is 0 Å². The van der Waals surface area contributed by atoms with Crippen LogP contribution in [0.15, 0.2) is 0 Å². The molecular formula is C69H143N5O7S. The van der Waals surface area contributed by atoms with Gasteiger partial charge >= 0.3 is 0 Å². The molecule has 0 saturated carbocycles. The van der Waals surface area contributed by atoms with Crippen LogP contribution in [-0.4, -0.2) is 150 Å². The van der Waals surface area contributed by atoms with Crippen molar-refractivity contribution in [3.8, 4) is 0 Å². The maximum atomic E-state index is 5.81. The van der Waals surface area contributed by atoms with E-state index in [9.17, 15) is 0 Å². The van der Waals surface area contributed by atoms with E-state index >= 15 is 0 Å². The predicted molar refractivity (Wildman–Crippen MR) is 354 cm³/mol. The zero-order valence-corrected chi connectivity index (χ0v) is 59.9. The van der Waals surface area contributed by atoms with Crippen LogP contribution in [0.1, 0.15) is 207 Å². The van der Waals surface area contributed by atoms with E-state index in [2.05, 4.69) is 232 Å². The van der Waals surface area contributed by atoms with E-state index in [0.717, 1.165) is 111 Å². The first-order valence-electron chi connectivity index (χ1n) is 34.0. The van der Waals surface area contributed by atoms with Crippen molar-refractivity contribution in [3.05, 3.63) is 0 Å². The van der Waals surface area contributed by atoms with E-state index in [1.165, 1.54) is 25.3 Å². The molecule has 7 saturated heterocycles. The Morgan fingerprint density at radius 3 is 0.939 bits per heavy atom. The van der Waals surface area contributed by atoms with Gasteiger partial charge < -0.3 is 49.1 Å². The Morgan fingerprint density at radius 1 is 0.280 bits per heavy atom. The number of morpholine rings is 1. The highest BCUT2D eigenvalue weighted by Gasteiger charge is 2.36. The molecule has 0 amide bonds. The Morgan fingerprint density at radius 2 is 0.622 bits per heavy atom. The molecule has 5 N–H and O–H groups in total. The van der Waals surface area contributed by atoms with Crippen LogP contribution in [-0.2, 0) is 33.2 Å². The van der Waals surface area contributed by atoms with Gasteiger partial charge in [-0.3, -0.25) is 10.6 Å². The molecule has 7 aliphatic rings. The van der Waals surface area contributed by atoms with Crippen LogP contribution < -0.4 is 26.6 Å². The fraction of sp³-hybridized carbons (Fsp3) is 1.00. The summed E-state index contributed by atoms with van der Waals surface area (Å²) in [6.45, 7) is 71.9. The molecule has 0 aromatic carbocycles. The van der Waals surface area contributed by atoms with E-state index < -0.39 is 0 Å².